The van der Waals surface area contributed by atoms with Gasteiger partial charge < -0.3 is 10.6 Å². The van der Waals surface area contributed by atoms with Gasteiger partial charge in [0.25, 0.3) is 0 Å². The van der Waals surface area contributed by atoms with Gasteiger partial charge in [-0.15, -0.1) is 0 Å². The number of thiocarbonyl (C=S) groups is 1. The van der Waals surface area contributed by atoms with Crippen molar-refractivity contribution in [2.75, 3.05) is 6.54 Å². The van der Waals surface area contributed by atoms with Crippen LogP contribution in [0.2, 0.25) is 0 Å². The van der Waals surface area contributed by atoms with E-state index in [9.17, 15) is 4.79 Å². The maximum absolute atomic E-state index is 12.4. The largest absolute Gasteiger partial charge is 0.392 e. The van der Waals surface area contributed by atoms with Crippen molar-refractivity contribution in [3.63, 3.8) is 0 Å². The molecule has 0 fully saturated rings. The molecule has 0 aromatic carbocycles. The lowest BCUT2D eigenvalue weighted by Crippen LogP contribution is -2.51. The fourth-order valence-corrected chi connectivity index (χ4v) is 1.81. The van der Waals surface area contributed by atoms with E-state index < -0.39 is 5.41 Å². The van der Waals surface area contributed by atoms with Crippen LogP contribution >= 0.6 is 12.2 Å². The minimum Gasteiger partial charge on any atom is -0.392 e. The summed E-state index contributed by atoms with van der Waals surface area (Å²) in [5, 5.41) is 0. The van der Waals surface area contributed by atoms with Gasteiger partial charge in [0.15, 0.2) is 0 Å². The molecule has 0 rings (SSSR count). The fraction of sp³-hybridized carbons (Fsp3) is 0.833. The molecule has 1 unspecified atom stereocenters. The molecule has 0 aliphatic carbocycles. The van der Waals surface area contributed by atoms with E-state index in [1.807, 2.05) is 32.6 Å². The SMILES string of the molecule is CCCN(C(=O)C(C)(CC)C(N)=S)C(C)C. The van der Waals surface area contributed by atoms with E-state index in [1.165, 1.54) is 0 Å². The quantitative estimate of drug-likeness (QED) is 0.729. The number of rotatable bonds is 6. The minimum absolute atomic E-state index is 0.0550. The Morgan fingerprint density at radius 3 is 2.19 bits per heavy atom. The molecule has 3 nitrogen and oxygen atoms in total. The van der Waals surface area contributed by atoms with Crippen LogP contribution in [0, 0.1) is 5.41 Å². The highest BCUT2D eigenvalue weighted by Gasteiger charge is 2.38. The Bertz CT molecular complexity index is 266. The lowest BCUT2D eigenvalue weighted by Gasteiger charge is -2.35. The van der Waals surface area contributed by atoms with Crippen LogP contribution < -0.4 is 5.73 Å². The molecule has 0 aromatic heterocycles. The van der Waals surface area contributed by atoms with Crippen molar-refractivity contribution in [1.29, 1.82) is 0 Å². The smallest absolute Gasteiger partial charge is 0.235 e. The minimum atomic E-state index is -0.700. The zero-order chi connectivity index (χ0) is 12.9. The summed E-state index contributed by atoms with van der Waals surface area (Å²) in [5.41, 5.74) is 5.00. The number of nitrogens with zero attached hydrogens (tertiary/aromatic N) is 1. The first kappa shape index (κ1) is 15.4. The summed E-state index contributed by atoms with van der Waals surface area (Å²) in [7, 11) is 0. The molecule has 0 saturated heterocycles. The van der Waals surface area contributed by atoms with Gasteiger partial charge in [-0.1, -0.05) is 26.1 Å². The number of hydrogen-bond acceptors (Lipinski definition) is 2. The second-order valence-electron chi connectivity index (χ2n) is 4.64. The van der Waals surface area contributed by atoms with Gasteiger partial charge >= 0.3 is 0 Å². The van der Waals surface area contributed by atoms with Gasteiger partial charge in [-0.3, -0.25) is 4.79 Å². The Labute approximate surface area is 104 Å². The zero-order valence-corrected chi connectivity index (χ0v) is 11.9. The van der Waals surface area contributed by atoms with Crippen LogP contribution in [0.1, 0.15) is 47.5 Å². The van der Waals surface area contributed by atoms with Crippen LogP contribution in [0.5, 0.6) is 0 Å². The Morgan fingerprint density at radius 1 is 1.44 bits per heavy atom. The molecule has 0 aromatic rings. The van der Waals surface area contributed by atoms with Gasteiger partial charge in [0.2, 0.25) is 5.91 Å². The molecule has 1 amide bonds. The first-order valence-corrected chi connectivity index (χ1v) is 6.33. The highest BCUT2D eigenvalue weighted by Crippen LogP contribution is 2.26. The molecule has 16 heavy (non-hydrogen) atoms. The molecule has 0 radical (unpaired) electrons. The fourth-order valence-electron chi connectivity index (χ4n) is 1.58. The summed E-state index contributed by atoms with van der Waals surface area (Å²) < 4.78 is 0. The third kappa shape index (κ3) is 3.17. The van der Waals surface area contributed by atoms with Crippen LogP contribution in [0.15, 0.2) is 0 Å². The monoisotopic (exact) mass is 244 g/mol. The summed E-state index contributed by atoms with van der Waals surface area (Å²) in [6.45, 7) is 10.6. The summed E-state index contributed by atoms with van der Waals surface area (Å²) in [6.07, 6.45) is 1.59. The first-order chi connectivity index (χ1) is 7.31. The Kier molecular flexibility index (Phi) is 5.94. The molecule has 0 saturated carbocycles. The van der Waals surface area contributed by atoms with Gasteiger partial charge in [-0.2, -0.15) is 0 Å². The lowest BCUT2D eigenvalue weighted by atomic mass is 9.85. The van der Waals surface area contributed by atoms with Crippen LogP contribution in [0.25, 0.3) is 0 Å². The van der Waals surface area contributed by atoms with Gasteiger partial charge in [0.1, 0.15) is 0 Å². The van der Waals surface area contributed by atoms with E-state index in [1.54, 1.807) is 0 Å². The molecule has 0 aliphatic heterocycles. The van der Waals surface area contributed by atoms with Crippen LogP contribution in [-0.4, -0.2) is 28.4 Å². The maximum Gasteiger partial charge on any atom is 0.235 e. The maximum atomic E-state index is 12.4. The molecule has 4 heteroatoms. The molecule has 1 atom stereocenters. The van der Waals surface area contributed by atoms with Gasteiger partial charge in [-0.25, -0.2) is 0 Å². The van der Waals surface area contributed by atoms with E-state index in [2.05, 4.69) is 6.92 Å². The van der Waals surface area contributed by atoms with Crippen molar-refractivity contribution < 1.29 is 4.79 Å². The van der Waals surface area contributed by atoms with Crippen molar-refractivity contribution >= 4 is 23.1 Å². The number of nitrogens with two attached hydrogens (primary N) is 1. The van der Waals surface area contributed by atoms with E-state index in [4.69, 9.17) is 18.0 Å². The molecule has 94 valence electrons. The van der Waals surface area contributed by atoms with Crippen LogP contribution in [0.4, 0.5) is 0 Å². The summed E-state index contributed by atoms with van der Waals surface area (Å²) >= 11 is 5.03. The Morgan fingerprint density at radius 2 is 1.94 bits per heavy atom. The van der Waals surface area contributed by atoms with Gasteiger partial charge in [-0.05, 0) is 33.6 Å². The van der Waals surface area contributed by atoms with E-state index in [0.717, 1.165) is 13.0 Å². The lowest BCUT2D eigenvalue weighted by molar-refractivity contribution is -0.139. The Balaban J connectivity index is 5.04. The second-order valence-corrected chi connectivity index (χ2v) is 5.08. The van der Waals surface area contributed by atoms with Crippen molar-refractivity contribution in [2.45, 2.75) is 53.5 Å². The zero-order valence-electron chi connectivity index (χ0n) is 11.0. The third-order valence-electron chi connectivity index (χ3n) is 3.07. The number of amides is 1. The van der Waals surface area contributed by atoms with E-state index in [0.29, 0.717) is 11.4 Å². The average Bonchev–Trinajstić information content (AvgIpc) is 2.22. The topological polar surface area (TPSA) is 46.3 Å². The number of hydrogen-bond donors (Lipinski definition) is 1. The van der Waals surface area contributed by atoms with Gasteiger partial charge in [0, 0.05) is 12.6 Å². The second kappa shape index (κ2) is 6.18. The average molecular weight is 244 g/mol. The summed E-state index contributed by atoms with van der Waals surface area (Å²) in [6, 6.07) is 0.188. The van der Waals surface area contributed by atoms with Crippen molar-refractivity contribution in [2.24, 2.45) is 11.1 Å². The summed E-state index contributed by atoms with van der Waals surface area (Å²) in [4.78, 5) is 14.6. The molecule has 0 aliphatic rings. The normalized spacial score (nSPS) is 14.6. The van der Waals surface area contributed by atoms with E-state index >= 15 is 0 Å². The Hall–Kier alpha value is -0.640. The van der Waals surface area contributed by atoms with Crippen molar-refractivity contribution in [3.05, 3.63) is 0 Å². The van der Waals surface area contributed by atoms with Crippen LogP contribution in [0.3, 0.4) is 0 Å². The predicted octanol–water partition coefficient (Wildman–Crippen LogP) is 2.34. The highest BCUT2D eigenvalue weighted by molar-refractivity contribution is 7.80. The molecule has 0 heterocycles. The molecule has 0 spiro atoms. The molecular weight excluding hydrogens is 220 g/mol. The first-order valence-electron chi connectivity index (χ1n) is 5.92. The molecule has 2 N–H and O–H groups in total. The van der Waals surface area contributed by atoms with Crippen molar-refractivity contribution in [1.82, 2.24) is 4.90 Å². The number of carbonyl (C=O) groups is 1. The van der Waals surface area contributed by atoms with Gasteiger partial charge in [0.05, 0.1) is 10.4 Å². The molecule has 0 bridgehead atoms. The van der Waals surface area contributed by atoms with E-state index in [-0.39, 0.29) is 11.9 Å². The predicted molar refractivity (Wildman–Crippen MR) is 72.3 cm³/mol. The summed E-state index contributed by atoms with van der Waals surface area (Å²) in [5.74, 6) is 0.0550. The van der Waals surface area contributed by atoms with Crippen molar-refractivity contribution in [3.8, 4) is 0 Å². The highest BCUT2D eigenvalue weighted by atomic mass is 32.1. The van der Waals surface area contributed by atoms with Crippen LogP contribution in [-0.2, 0) is 4.79 Å². The molecular formula is C12H24N2OS. The standard InChI is InChI=1S/C12H24N2OS/c1-6-8-14(9(3)4)11(15)12(5,7-2)10(13)16/h9H,6-8H2,1-5H3,(H2,13,16). The third-order valence-corrected chi connectivity index (χ3v) is 3.52. The number of carbonyl (C=O) groups excluding carboxylic acids is 1.